The number of carbonyl (C=O) groups excluding carboxylic acids is 1. The van der Waals surface area contributed by atoms with Gasteiger partial charge in [0.15, 0.2) is 0 Å². The zero-order valence-electron chi connectivity index (χ0n) is 8.96. The lowest BCUT2D eigenvalue weighted by atomic mass is 10.3. The van der Waals surface area contributed by atoms with Gasteiger partial charge in [0.05, 0.1) is 6.16 Å². The third kappa shape index (κ3) is 3.55. The van der Waals surface area contributed by atoms with Crippen molar-refractivity contribution in [2.24, 2.45) is 0 Å². The Bertz CT molecular complexity index is 413. The molecule has 1 aromatic carbocycles. The highest BCUT2D eigenvalue weighted by molar-refractivity contribution is 7.54. The fourth-order valence-corrected chi connectivity index (χ4v) is 2.05. The van der Waals surface area contributed by atoms with E-state index in [1.165, 1.54) is 0 Å². The Labute approximate surface area is 94.4 Å². The Hall–Kier alpha value is -1.54. The second-order valence-electron chi connectivity index (χ2n) is 2.95. The first-order chi connectivity index (χ1) is 7.59. The van der Waals surface area contributed by atoms with E-state index in [9.17, 15) is 9.36 Å². The number of hydrogen-bond donors (Lipinski definition) is 0. The Morgan fingerprint density at radius 1 is 1.44 bits per heavy atom. The summed E-state index contributed by atoms with van der Waals surface area (Å²) in [5.74, 6) is -0.342. The molecule has 0 aliphatic heterocycles. The SMILES string of the molecule is C=CC(=O)OP(=O)(CC)Oc1ccccc1. The van der Waals surface area contributed by atoms with E-state index in [2.05, 4.69) is 6.58 Å². The van der Waals surface area contributed by atoms with Crippen LogP contribution < -0.4 is 4.52 Å². The molecule has 0 aliphatic rings. The van der Waals surface area contributed by atoms with Crippen LogP contribution in [0.3, 0.4) is 0 Å². The van der Waals surface area contributed by atoms with Crippen molar-refractivity contribution in [3.63, 3.8) is 0 Å². The van der Waals surface area contributed by atoms with Gasteiger partial charge in [-0.1, -0.05) is 31.7 Å². The number of benzene rings is 1. The Kier molecular flexibility index (Phi) is 4.32. The van der Waals surface area contributed by atoms with Gasteiger partial charge in [-0.15, -0.1) is 0 Å². The van der Waals surface area contributed by atoms with Crippen LogP contribution in [0, 0.1) is 0 Å². The largest absolute Gasteiger partial charge is 0.432 e. The maximum absolute atomic E-state index is 12.0. The van der Waals surface area contributed by atoms with Gasteiger partial charge in [0, 0.05) is 6.08 Å². The number of para-hydroxylation sites is 1. The molecule has 0 saturated heterocycles. The second kappa shape index (κ2) is 5.52. The summed E-state index contributed by atoms with van der Waals surface area (Å²) >= 11 is 0. The number of hydrogen-bond acceptors (Lipinski definition) is 4. The predicted molar refractivity (Wildman–Crippen MR) is 61.5 cm³/mol. The van der Waals surface area contributed by atoms with Gasteiger partial charge in [0.1, 0.15) is 5.75 Å². The maximum Gasteiger partial charge on any atom is 0.432 e. The van der Waals surface area contributed by atoms with Gasteiger partial charge in [-0.3, -0.25) is 0 Å². The Balaban J connectivity index is 2.78. The summed E-state index contributed by atoms with van der Waals surface area (Å²) in [7, 11) is -3.42. The van der Waals surface area contributed by atoms with E-state index < -0.39 is 13.6 Å². The van der Waals surface area contributed by atoms with Crippen LogP contribution in [0.25, 0.3) is 0 Å². The average Bonchev–Trinajstić information content (AvgIpc) is 2.30. The third-order valence-electron chi connectivity index (χ3n) is 1.77. The molecule has 0 saturated carbocycles. The topological polar surface area (TPSA) is 52.6 Å². The molecular formula is C11H13O4P. The number of rotatable bonds is 5. The molecule has 16 heavy (non-hydrogen) atoms. The highest BCUT2D eigenvalue weighted by atomic mass is 31.2. The molecule has 0 aromatic heterocycles. The van der Waals surface area contributed by atoms with Crippen LogP contribution in [0.1, 0.15) is 6.92 Å². The van der Waals surface area contributed by atoms with Crippen LogP contribution in [0.4, 0.5) is 0 Å². The monoisotopic (exact) mass is 240 g/mol. The third-order valence-corrected chi connectivity index (χ3v) is 3.49. The molecule has 1 atom stereocenters. The fraction of sp³-hybridized carbons (Fsp3) is 0.182. The summed E-state index contributed by atoms with van der Waals surface area (Å²) in [6, 6.07) is 8.57. The van der Waals surface area contributed by atoms with Crippen molar-refractivity contribution in [2.45, 2.75) is 6.92 Å². The van der Waals surface area contributed by atoms with Crippen LogP contribution in [0.15, 0.2) is 43.0 Å². The minimum Gasteiger partial charge on any atom is -0.416 e. The van der Waals surface area contributed by atoms with E-state index >= 15 is 0 Å². The van der Waals surface area contributed by atoms with Gasteiger partial charge >= 0.3 is 13.6 Å². The highest BCUT2D eigenvalue weighted by Crippen LogP contribution is 2.47. The van der Waals surface area contributed by atoms with Gasteiger partial charge in [-0.05, 0) is 12.1 Å². The molecule has 0 N–H and O–H groups in total. The van der Waals surface area contributed by atoms with E-state index in [1.54, 1.807) is 37.3 Å². The van der Waals surface area contributed by atoms with Crippen LogP contribution >= 0.6 is 7.60 Å². The highest BCUT2D eigenvalue weighted by Gasteiger charge is 2.26. The van der Waals surface area contributed by atoms with Crippen molar-refractivity contribution in [1.82, 2.24) is 0 Å². The van der Waals surface area contributed by atoms with Crippen LogP contribution in [0.2, 0.25) is 0 Å². The minimum atomic E-state index is -3.42. The molecule has 1 unspecified atom stereocenters. The molecule has 5 heteroatoms. The summed E-state index contributed by atoms with van der Waals surface area (Å²) < 4.78 is 21.9. The summed E-state index contributed by atoms with van der Waals surface area (Å²) in [5.41, 5.74) is 0. The van der Waals surface area contributed by atoms with Gasteiger partial charge in [0.2, 0.25) is 0 Å². The summed E-state index contributed by atoms with van der Waals surface area (Å²) in [5, 5.41) is 0. The smallest absolute Gasteiger partial charge is 0.416 e. The van der Waals surface area contributed by atoms with Gasteiger partial charge in [0.25, 0.3) is 0 Å². The molecule has 0 bridgehead atoms. The van der Waals surface area contributed by atoms with Crippen molar-refractivity contribution < 1.29 is 18.4 Å². The lowest BCUT2D eigenvalue weighted by molar-refractivity contribution is -0.129. The van der Waals surface area contributed by atoms with Crippen LogP contribution in [-0.4, -0.2) is 12.1 Å². The molecule has 86 valence electrons. The van der Waals surface area contributed by atoms with Crippen molar-refractivity contribution in [1.29, 1.82) is 0 Å². The summed E-state index contributed by atoms with van der Waals surface area (Å²) in [4.78, 5) is 11.0. The van der Waals surface area contributed by atoms with E-state index in [4.69, 9.17) is 9.05 Å². The van der Waals surface area contributed by atoms with E-state index in [-0.39, 0.29) is 6.16 Å². The molecule has 0 spiro atoms. The summed E-state index contributed by atoms with van der Waals surface area (Å²) in [6.07, 6.45) is 1.07. The molecule has 0 fully saturated rings. The van der Waals surface area contributed by atoms with E-state index in [0.717, 1.165) is 6.08 Å². The van der Waals surface area contributed by atoms with Crippen molar-refractivity contribution in [3.8, 4) is 5.75 Å². The quantitative estimate of drug-likeness (QED) is 0.586. The Morgan fingerprint density at radius 2 is 2.06 bits per heavy atom. The first-order valence-corrected chi connectivity index (χ1v) is 6.52. The predicted octanol–water partition coefficient (Wildman–Crippen LogP) is 3.01. The van der Waals surface area contributed by atoms with Gasteiger partial charge in [-0.25, -0.2) is 9.36 Å². The molecule has 4 nitrogen and oxygen atoms in total. The average molecular weight is 240 g/mol. The zero-order valence-corrected chi connectivity index (χ0v) is 9.85. The first kappa shape index (κ1) is 12.5. The molecule has 1 rings (SSSR count). The van der Waals surface area contributed by atoms with Crippen molar-refractivity contribution >= 4 is 13.6 Å². The lowest BCUT2D eigenvalue weighted by Crippen LogP contribution is -2.05. The van der Waals surface area contributed by atoms with Crippen LogP contribution in [-0.2, 0) is 13.9 Å². The number of carbonyl (C=O) groups is 1. The normalized spacial score (nSPS) is 13.6. The molecule has 0 aliphatic carbocycles. The van der Waals surface area contributed by atoms with E-state index in [1.807, 2.05) is 0 Å². The molecular weight excluding hydrogens is 227 g/mol. The molecule has 1 aromatic rings. The molecule has 0 radical (unpaired) electrons. The minimum absolute atomic E-state index is 0.113. The van der Waals surface area contributed by atoms with Gasteiger partial charge < -0.3 is 9.05 Å². The standard InChI is InChI=1S/C11H13O4P/c1-3-11(12)15-16(13,4-2)14-10-8-6-5-7-9-10/h3,5-9H,1,4H2,2H3. The maximum atomic E-state index is 12.0. The molecule has 0 amide bonds. The fourth-order valence-electron chi connectivity index (χ4n) is 0.964. The van der Waals surface area contributed by atoms with Crippen molar-refractivity contribution in [3.05, 3.63) is 43.0 Å². The Morgan fingerprint density at radius 3 is 2.56 bits per heavy atom. The first-order valence-electron chi connectivity index (χ1n) is 4.79. The second-order valence-corrected chi connectivity index (χ2v) is 5.17. The van der Waals surface area contributed by atoms with Crippen LogP contribution in [0.5, 0.6) is 5.75 Å². The molecule has 0 heterocycles. The van der Waals surface area contributed by atoms with E-state index in [0.29, 0.717) is 5.75 Å². The van der Waals surface area contributed by atoms with Gasteiger partial charge in [-0.2, -0.15) is 0 Å². The van der Waals surface area contributed by atoms with Crippen molar-refractivity contribution in [2.75, 3.05) is 6.16 Å². The zero-order chi connectivity index (χ0) is 12.0. The lowest BCUT2D eigenvalue weighted by Gasteiger charge is -2.16. The summed E-state index contributed by atoms with van der Waals surface area (Å²) in [6.45, 7) is 4.86.